The molecule has 0 bridgehead atoms. The topological polar surface area (TPSA) is 37.4 Å². The van der Waals surface area contributed by atoms with Gasteiger partial charge in [-0.15, -0.1) is 0 Å². The quantitative estimate of drug-likeness (QED) is 0.879. The Morgan fingerprint density at radius 2 is 2.42 bits per heavy atom. The minimum Gasteiger partial charge on any atom is -0.374 e. The second-order valence-electron chi connectivity index (χ2n) is 5.03. The zero-order chi connectivity index (χ0) is 13.7. The van der Waals surface area contributed by atoms with Crippen molar-refractivity contribution in [2.75, 3.05) is 33.3 Å². The number of rotatable bonds is 5. The van der Waals surface area contributed by atoms with Gasteiger partial charge < -0.3 is 15.0 Å². The number of hydrogen-bond acceptors (Lipinski definition) is 4. The molecule has 0 radical (unpaired) electrons. The summed E-state index contributed by atoms with van der Waals surface area (Å²) in [6.45, 7) is 5.61. The van der Waals surface area contributed by atoms with Crippen molar-refractivity contribution in [2.24, 2.45) is 0 Å². The number of likely N-dealkylation sites (N-methyl/N-ethyl adjacent to an activating group) is 1. The van der Waals surface area contributed by atoms with Gasteiger partial charge in [0.05, 0.1) is 24.6 Å². The smallest absolute Gasteiger partial charge is 0.141 e. The summed E-state index contributed by atoms with van der Waals surface area (Å²) in [6.07, 6.45) is 2.40. The van der Waals surface area contributed by atoms with Crippen LogP contribution in [0.1, 0.15) is 25.1 Å². The summed E-state index contributed by atoms with van der Waals surface area (Å²) < 4.78 is 18.6. The first-order valence-corrected chi connectivity index (χ1v) is 6.84. The molecule has 1 N–H and O–H groups in total. The first kappa shape index (κ1) is 14.4. The predicted octanol–water partition coefficient (Wildman–Crippen LogP) is 1.59. The molecule has 0 saturated carbocycles. The molecule has 19 heavy (non-hydrogen) atoms. The standard InChI is InChI=1S/C14H22FN3O/c1-3-13(14-5-4-11(15)8-16-14)17-9-12-10-18(2)6-7-19-12/h4-5,8,12-13,17H,3,6-7,9-10H2,1-2H3. The zero-order valence-electron chi connectivity index (χ0n) is 11.6. The number of nitrogens with zero attached hydrogens (tertiary/aromatic N) is 2. The number of pyridine rings is 1. The number of nitrogens with one attached hydrogen (secondary N) is 1. The van der Waals surface area contributed by atoms with E-state index < -0.39 is 0 Å². The monoisotopic (exact) mass is 267 g/mol. The van der Waals surface area contributed by atoms with Gasteiger partial charge in [0, 0.05) is 25.7 Å². The Labute approximate surface area is 114 Å². The van der Waals surface area contributed by atoms with Gasteiger partial charge in [0.1, 0.15) is 5.82 Å². The molecule has 1 aromatic heterocycles. The predicted molar refractivity (Wildman–Crippen MR) is 72.5 cm³/mol. The Kier molecular flexibility index (Phi) is 5.24. The minimum atomic E-state index is -0.296. The zero-order valence-corrected chi connectivity index (χ0v) is 11.6. The molecule has 2 atom stereocenters. The van der Waals surface area contributed by atoms with Gasteiger partial charge in [-0.25, -0.2) is 4.39 Å². The Morgan fingerprint density at radius 3 is 3.05 bits per heavy atom. The van der Waals surface area contributed by atoms with Crippen LogP contribution in [0.4, 0.5) is 4.39 Å². The number of halogens is 1. The van der Waals surface area contributed by atoms with Crippen LogP contribution < -0.4 is 5.32 Å². The van der Waals surface area contributed by atoms with E-state index in [1.54, 1.807) is 6.07 Å². The second-order valence-corrected chi connectivity index (χ2v) is 5.03. The van der Waals surface area contributed by atoms with Gasteiger partial charge >= 0.3 is 0 Å². The fraction of sp³-hybridized carbons (Fsp3) is 0.643. The van der Waals surface area contributed by atoms with Crippen molar-refractivity contribution < 1.29 is 9.13 Å². The van der Waals surface area contributed by atoms with Crippen LogP contribution in [0.3, 0.4) is 0 Å². The van der Waals surface area contributed by atoms with Crippen molar-refractivity contribution in [2.45, 2.75) is 25.5 Å². The molecule has 1 aromatic rings. The normalized spacial score (nSPS) is 22.4. The van der Waals surface area contributed by atoms with E-state index >= 15 is 0 Å². The Bertz CT molecular complexity index is 385. The molecule has 4 nitrogen and oxygen atoms in total. The second kappa shape index (κ2) is 6.93. The largest absolute Gasteiger partial charge is 0.374 e. The summed E-state index contributed by atoms with van der Waals surface area (Å²) >= 11 is 0. The van der Waals surface area contributed by atoms with E-state index in [0.29, 0.717) is 0 Å². The van der Waals surface area contributed by atoms with E-state index in [-0.39, 0.29) is 18.0 Å². The summed E-state index contributed by atoms with van der Waals surface area (Å²) in [6, 6.07) is 3.35. The number of ether oxygens (including phenoxy) is 1. The van der Waals surface area contributed by atoms with Gasteiger partial charge in [0.2, 0.25) is 0 Å². The van der Waals surface area contributed by atoms with E-state index in [4.69, 9.17) is 4.74 Å². The molecular formula is C14H22FN3O. The highest BCUT2D eigenvalue weighted by molar-refractivity contribution is 5.09. The Hall–Kier alpha value is -1.04. The molecule has 1 aliphatic heterocycles. The molecule has 2 heterocycles. The summed E-state index contributed by atoms with van der Waals surface area (Å²) in [5.74, 6) is -0.296. The number of aromatic nitrogens is 1. The molecule has 2 unspecified atom stereocenters. The third kappa shape index (κ3) is 4.23. The van der Waals surface area contributed by atoms with Crippen molar-refractivity contribution >= 4 is 0 Å². The van der Waals surface area contributed by atoms with Crippen LogP contribution in [0.5, 0.6) is 0 Å². The van der Waals surface area contributed by atoms with Gasteiger partial charge in [-0.05, 0) is 25.6 Å². The van der Waals surface area contributed by atoms with E-state index in [9.17, 15) is 4.39 Å². The Balaban J connectivity index is 1.87. The highest BCUT2D eigenvalue weighted by Crippen LogP contribution is 2.14. The maximum Gasteiger partial charge on any atom is 0.141 e. The maximum absolute atomic E-state index is 12.9. The molecule has 1 fully saturated rings. The van der Waals surface area contributed by atoms with Gasteiger partial charge in [-0.3, -0.25) is 4.98 Å². The van der Waals surface area contributed by atoms with Crippen molar-refractivity contribution in [3.8, 4) is 0 Å². The lowest BCUT2D eigenvalue weighted by Crippen LogP contribution is -2.45. The van der Waals surface area contributed by atoms with Crippen LogP contribution in [-0.2, 0) is 4.74 Å². The molecular weight excluding hydrogens is 245 g/mol. The van der Waals surface area contributed by atoms with E-state index in [1.165, 1.54) is 12.3 Å². The molecule has 1 aliphatic rings. The third-order valence-corrected chi connectivity index (χ3v) is 3.45. The van der Waals surface area contributed by atoms with Crippen LogP contribution in [0.2, 0.25) is 0 Å². The average Bonchev–Trinajstić information content (AvgIpc) is 2.41. The van der Waals surface area contributed by atoms with Gasteiger partial charge in [0.25, 0.3) is 0 Å². The van der Waals surface area contributed by atoms with Gasteiger partial charge in [0.15, 0.2) is 0 Å². The van der Waals surface area contributed by atoms with Crippen LogP contribution in [0, 0.1) is 5.82 Å². The fourth-order valence-electron chi connectivity index (χ4n) is 2.32. The van der Waals surface area contributed by atoms with Crippen molar-refractivity contribution in [3.05, 3.63) is 29.8 Å². The van der Waals surface area contributed by atoms with Crippen LogP contribution in [0.25, 0.3) is 0 Å². The average molecular weight is 267 g/mol. The van der Waals surface area contributed by atoms with Gasteiger partial charge in [-0.1, -0.05) is 6.92 Å². The molecule has 0 aliphatic carbocycles. The molecule has 1 saturated heterocycles. The molecule has 0 spiro atoms. The number of hydrogen-bond donors (Lipinski definition) is 1. The molecule has 0 aromatic carbocycles. The van der Waals surface area contributed by atoms with Crippen molar-refractivity contribution in [3.63, 3.8) is 0 Å². The molecule has 2 rings (SSSR count). The van der Waals surface area contributed by atoms with Crippen LogP contribution >= 0.6 is 0 Å². The summed E-state index contributed by atoms with van der Waals surface area (Å²) in [5, 5.41) is 3.46. The van der Waals surface area contributed by atoms with Crippen molar-refractivity contribution in [1.82, 2.24) is 15.2 Å². The lowest BCUT2D eigenvalue weighted by atomic mass is 10.1. The molecule has 106 valence electrons. The number of morpholine rings is 1. The van der Waals surface area contributed by atoms with Crippen molar-refractivity contribution in [1.29, 1.82) is 0 Å². The summed E-state index contributed by atoms with van der Waals surface area (Å²) in [5.41, 5.74) is 0.882. The van der Waals surface area contributed by atoms with E-state index in [0.717, 1.165) is 38.4 Å². The minimum absolute atomic E-state index is 0.149. The molecule has 5 heteroatoms. The summed E-state index contributed by atoms with van der Waals surface area (Å²) in [7, 11) is 2.11. The van der Waals surface area contributed by atoms with E-state index in [2.05, 4.69) is 29.2 Å². The van der Waals surface area contributed by atoms with Gasteiger partial charge in [-0.2, -0.15) is 0 Å². The highest BCUT2D eigenvalue weighted by atomic mass is 19.1. The third-order valence-electron chi connectivity index (χ3n) is 3.45. The lowest BCUT2D eigenvalue weighted by Gasteiger charge is -2.31. The summed E-state index contributed by atoms with van der Waals surface area (Å²) in [4.78, 5) is 6.41. The highest BCUT2D eigenvalue weighted by Gasteiger charge is 2.19. The fourth-order valence-corrected chi connectivity index (χ4v) is 2.32. The van der Waals surface area contributed by atoms with Crippen LogP contribution in [0.15, 0.2) is 18.3 Å². The SMILES string of the molecule is CCC(NCC1CN(C)CCO1)c1ccc(F)cn1. The first-order chi connectivity index (χ1) is 9.19. The molecule has 0 amide bonds. The van der Waals surface area contributed by atoms with Crippen LogP contribution in [-0.4, -0.2) is 49.3 Å². The Morgan fingerprint density at radius 1 is 1.58 bits per heavy atom. The lowest BCUT2D eigenvalue weighted by molar-refractivity contribution is -0.0194. The maximum atomic E-state index is 12.9. The van der Waals surface area contributed by atoms with E-state index in [1.807, 2.05) is 0 Å². The first-order valence-electron chi connectivity index (χ1n) is 6.84.